The number of carbonyl (C=O) groups excluding carboxylic acids is 2. The van der Waals surface area contributed by atoms with Crippen LogP contribution in [0.2, 0.25) is 0 Å². The van der Waals surface area contributed by atoms with Crippen molar-refractivity contribution in [3.05, 3.63) is 47.5 Å². The molecule has 0 aromatic carbocycles. The standard InChI is InChI=1S/C17H21N5O2/c1-2-14-12-15(20-19-14)17(24)22-9-3-8-21(10-11-22)16(23)13-4-6-18-7-5-13/h4-7,12H,2-3,8-11H2,1H3,(H,19,20). The lowest BCUT2D eigenvalue weighted by atomic mass is 10.2. The summed E-state index contributed by atoms with van der Waals surface area (Å²) < 4.78 is 0. The number of rotatable bonds is 3. The van der Waals surface area contributed by atoms with Crippen molar-refractivity contribution < 1.29 is 9.59 Å². The molecule has 0 spiro atoms. The molecule has 7 heteroatoms. The Morgan fingerprint density at radius 3 is 2.38 bits per heavy atom. The number of hydrogen-bond acceptors (Lipinski definition) is 4. The van der Waals surface area contributed by atoms with E-state index < -0.39 is 0 Å². The van der Waals surface area contributed by atoms with E-state index in [-0.39, 0.29) is 11.8 Å². The Morgan fingerprint density at radius 1 is 1.08 bits per heavy atom. The third kappa shape index (κ3) is 3.45. The van der Waals surface area contributed by atoms with Gasteiger partial charge in [-0.2, -0.15) is 5.10 Å². The van der Waals surface area contributed by atoms with E-state index in [2.05, 4.69) is 15.2 Å². The monoisotopic (exact) mass is 327 g/mol. The van der Waals surface area contributed by atoms with Crippen molar-refractivity contribution in [3.8, 4) is 0 Å². The number of amides is 2. The van der Waals surface area contributed by atoms with Crippen LogP contribution >= 0.6 is 0 Å². The molecular weight excluding hydrogens is 306 g/mol. The minimum absolute atomic E-state index is 0.0141. The summed E-state index contributed by atoms with van der Waals surface area (Å²) in [6.07, 6.45) is 4.80. The molecule has 2 amide bonds. The highest BCUT2D eigenvalue weighted by molar-refractivity contribution is 5.94. The first-order chi connectivity index (χ1) is 11.7. The summed E-state index contributed by atoms with van der Waals surface area (Å²) in [5.41, 5.74) is 2.02. The maximum absolute atomic E-state index is 12.6. The molecule has 2 aromatic heterocycles. The fraction of sp³-hybridized carbons (Fsp3) is 0.412. The molecule has 126 valence electrons. The van der Waals surface area contributed by atoms with E-state index in [1.54, 1.807) is 40.4 Å². The van der Waals surface area contributed by atoms with Gasteiger partial charge in [-0.3, -0.25) is 19.7 Å². The van der Waals surface area contributed by atoms with Crippen molar-refractivity contribution in [2.24, 2.45) is 0 Å². The SMILES string of the molecule is CCc1cc(C(=O)N2CCCN(C(=O)c3ccncc3)CC2)n[nH]1. The van der Waals surface area contributed by atoms with Crippen molar-refractivity contribution in [2.45, 2.75) is 19.8 Å². The lowest BCUT2D eigenvalue weighted by Crippen LogP contribution is -2.37. The third-order valence-corrected chi connectivity index (χ3v) is 4.23. The number of pyridine rings is 1. The number of nitrogens with zero attached hydrogens (tertiary/aromatic N) is 4. The molecule has 1 aliphatic heterocycles. The highest BCUT2D eigenvalue weighted by Gasteiger charge is 2.24. The lowest BCUT2D eigenvalue weighted by Gasteiger charge is -2.21. The summed E-state index contributed by atoms with van der Waals surface area (Å²) in [4.78, 5) is 32.6. The third-order valence-electron chi connectivity index (χ3n) is 4.23. The second-order valence-electron chi connectivity index (χ2n) is 5.81. The Morgan fingerprint density at radius 2 is 1.75 bits per heavy atom. The molecule has 1 saturated heterocycles. The molecule has 0 saturated carbocycles. The molecule has 3 heterocycles. The molecule has 2 aromatic rings. The molecule has 0 radical (unpaired) electrons. The number of aromatic amines is 1. The van der Waals surface area contributed by atoms with E-state index in [1.165, 1.54) is 0 Å². The van der Waals surface area contributed by atoms with Gasteiger partial charge in [0, 0.05) is 49.8 Å². The van der Waals surface area contributed by atoms with Crippen LogP contribution in [-0.4, -0.2) is 63.0 Å². The predicted molar refractivity (Wildman–Crippen MR) is 88.6 cm³/mol. The van der Waals surface area contributed by atoms with E-state index in [4.69, 9.17) is 0 Å². The summed E-state index contributed by atoms with van der Waals surface area (Å²) in [5, 5.41) is 6.96. The second kappa shape index (κ2) is 7.25. The van der Waals surface area contributed by atoms with Crippen molar-refractivity contribution in [3.63, 3.8) is 0 Å². The van der Waals surface area contributed by atoms with Gasteiger partial charge < -0.3 is 9.80 Å². The summed E-state index contributed by atoms with van der Waals surface area (Å²) in [5.74, 6) is -0.0936. The molecular formula is C17H21N5O2. The number of carbonyl (C=O) groups is 2. The quantitative estimate of drug-likeness (QED) is 0.923. The summed E-state index contributed by atoms with van der Waals surface area (Å²) in [6, 6.07) is 5.23. The van der Waals surface area contributed by atoms with Gasteiger partial charge in [-0.25, -0.2) is 0 Å². The Labute approximate surface area is 140 Å². The van der Waals surface area contributed by atoms with Crippen LogP contribution in [0.3, 0.4) is 0 Å². The second-order valence-corrected chi connectivity index (χ2v) is 5.81. The van der Waals surface area contributed by atoms with E-state index in [0.29, 0.717) is 37.4 Å². The van der Waals surface area contributed by atoms with Crippen LogP contribution in [-0.2, 0) is 6.42 Å². The van der Waals surface area contributed by atoms with Gasteiger partial charge in [-0.15, -0.1) is 0 Å². The minimum Gasteiger partial charge on any atom is -0.337 e. The Kier molecular flexibility index (Phi) is 4.88. The van der Waals surface area contributed by atoms with Gasteiger partial charge in [0.05, 0.1) is 0 Å². The molecule has 3 rings (SSSR count). The highest BCUT2D eigenvalue weighted by Crippen LogP contribution is 2.11. The van der Waals surface area contributed by atoms with Gasteiger partial charge in [0.2, 0.25) is 0 Å². The van der Waals surface area contributed by atoms with Crippen molar-refractivity contribution in [1.82, 2.24) is 25.0 Å². The van der Waals surface area contributed by atoms with Crippen LogP contribution in [0.5, 0.6) is 0 Å². The Bertz CT molecular complexity index is 713. The average molecular weight is 327 g/mol. The molecule has 7 nitrogen and oxygen atoms in total. The number of aryl methyl sites for hydroxylation is 1. The summed E-state index contributed by atoms with van der Waals surface area (Å²) in [7, 11) is 0. The molecule has 24 heavy (non-hydrogen) atoms. The van der Waals surface area contributed by atoms with Crippen LogP contribution < -0.4 is 0 Å². The predicted octanol–water partition coefficient (Wildman–Crippen LogP) is 1.36. The van der Waals surface area contributed by atoms with E-state index in [1.807, 2.05) is 6.92 Å². The zero-order valence-electron chi connectivity index (χ0n) is 13.7. The van der Waals surface area contributed by atoms with E-state index in [0.717, 1.165) is 18.5 Å². The molecule has 1 aliphatic rings. The topological polar surface area (TPSA) is 82.2 Å². The van der Waals surface area contributed by atoms with E-state index in [9.17, 15) is 9.59 Å². The fourth-order valence-electron chi connectivity index (χ4n) is 2.81. The largest absolute Gasteiger partial charge is 0.337 e. The van der Waals surface area contributed by atoms with Crippen molar-refractivity contribution in [2.75, 3.05) is 26.2 Å². The van der Waals surface area contributed by atoms with Crippen LogP contribution in [0.15, 0.2) is 30.6 Å². The van der Waals surface area contributed by atoms with Crippen LogP contribution in [0.1, 0.15) is 39.9 Å². The van der Waals surface area contributed by atoms with Crippen LogP contribution in [0.4, 0.5) is 0 Å². The van der Waals surface area contributed by atoms with Crippen molar-refractivity contribution >= 4 is 11.8 Å². The molecule has 0 bridgehead atoms. The normalized spacial score (nSPS) is 15.2. The molecule has 0 aliphatic carbocycles. The smallest absolute Gasteiger partial charge is 0.274 e. The van der Waals surface area contributed by atoms with Gasteiger partial charge >= 0.3 is 0 Å². The van der Waals surface area contributed by atoms with Gasteiger partial charge in [0.15, 0.2) is 0 Å². The molecule has 0 unspecified atom stereocenters. The lowest BCUT2D eigenvalue weighted by molar-refractivity contribution is 0.0715. The fourth-order valence-corrected chi connectivity index (χ4v) is 2.81. The number of aromatic nitrogens is 3. The molecule has 1 fully saturated rings. The maximum Gasteiger partial charge on any atom is 0.274 e. The summed E-state index contributed by atoms with van der Waals surface area (Å²) in [6.45, 7) is 4.33. The molecule has 0 atom stereocenters. The van der Waals surface area contributed by atoms with E-state index >= 15 is 0 Å². The zero-order valence-corrected chi connectivity index (χ0v) is 13.7. The average Bonchev–Trinajstić information content (AvgIpc) is 2.98. The first-order valence-electron chi connectivity index (χ1n) is 8.22. The Hall–Kier alpha value is -2.70. The number of H-pyrrole nitrogens is 1. The summed E-state index contributed by atoms with van der Waals surface area (Å²) >= 11 is 0. The minimum atomic E-state index is -0.0795. The number of nitrogens with one attached hydrogen (secondary N) is 1. The molecule has 1 N–H and O–H groups in total. The number of hydrogen-bond donors (Lipinski definition) is 1. The van der Waals surface area contributed by atoms with Crippen LogP contribution in [0.25, 0.3) is 0 Å². The maximum atomic E-state index is 12.6. The zero-order chi connectivity index (χ0) is 16.9. The Balaban J connectivity index is 1.64. The van der Waals surface area contributed by atoms with Gasteiger partial charge in [0.25, 0.3) is 11.8 Å². The van der Waals surface area contributed by atoms with Gasteiger partial charge in [-0.1, -0.05) is 6.92 Å². The van der Waals surface area contributed by atoms with Crippen molar-refractivity contribution in [1.29, 1.82) is 0 Å². The van der Waals surface area contributed by atoms with Crippen LogP contribution in [0, 0.1) is 0 Å². The first kappa shape index (κ1) is 16.2. The van der Waals surface area contributed by atoms with Gasteiger partial charge in [-0.05, 0) is 31.0 Å². The van der Waals surface area contributed by atoms with Gasteiger partial charge in [0.1, 0.15) is 5.69 Å². The highest BCUT2D eigenvalue weighted by atomic mass is 16.2. The first-order valence-corrected chi connectivity index (χ1v) is 8.22.